The number of nitrogens with one attached hydrogen (secondary N) is 2. The molecular formula is C10H16N4OS. The molecule has 16 heavy (non-hydrogen) atoms. The predicted molar refractivity (Wildman–Crippen MR) is 64.8 cm³/mol. The normalized spacial score (nSPS) is 17.1. The number of thiazole rings is 1. The van der Waals surface area contributed by atoms with Crippen molar-refractivity contribution < 1.29 is 4.79 Å². The SMILES string of the molecule is CN(C(=O)Nc1nccs1)C1CCNCC1. The lowest BCUT2D eigenvalue weighted by molar-refractivity contribution is 0.189. The van der Waals surface area contributed by atoms with Gasteiger partial charge in [0.2, 0.25) is 0 Å². The van der Waals surface area contributed by atoms with E-state index in [1.165, 1.54) is 11.3 Å². The standard InChI is InChI=1S/C10H16N4OS/c1-14(8-2-4-11-5-3-8)10(15)13-9-12-6-7-16-9/h6-8,11H,2-5H2,1H3,(H,12,13,15). The largest absolute Gasteiger partial charge is 0.324 e. The number of carbonyl (C=O) groups is 1. The number of amides is 2. The summed E-state index contributed by atoms with van der Waals surface area (Å²) in [5.74, 6) is 0. The van der Waals surface area contributed by atoms with Crippen LogP contribution in [0.25, 0.3) is 0 Å². The summed E-state index contributed by atoms with van der Waals surface area (Å²) in [6.45, 7) is 1.97. The van der Waals surface area contributed by atoms with E-state index in [1.807, 2.05) is 12.4 Å². The van der Waals surface area contributed by atoms with E-state index in [4.69, 9.17) is 0 Å². The van der Waals surface area contributed by atoms with Crippen molar-refractivity contribution in [3.8, 4) is 0 Å². The summed E-state index contributed by atoms with van der Waals surface area (Å²) in [6.07, 6.45) is 3.72. The zero-order valence-corrected chi connectivity index (χ0v) is 10.1. The maximum atomic E-state index is 11.9. The molecule has 0 aliphatic carbocycles. The Balaban J connectivity index is 1.88. The number of aromatic nitrogens is 1. The average Bonchev–Trinajstić information content (AvgIpc) is 2.82. The van der Waals surface area contributed by atoms with Crippen LogP contribution in [-0.4, -0.2) is 42.1 Å². The van der Waals surface area contributed by atoms with Crippen LogP contribution >= 0.6 is 11.3 Å². The van der Waals surface area contributed by atoms with Crippen LogP contribution in [0.15, 0.2) is 11.6 Å². The molecule has 6 heteroatoms. The Labute approximate surface area is 98.9 Å². The summed E-state index contributed by atoms with van der Waals surface area (Å²) in [5.41, 5.74) is 0. The van der Waals surface area contributed by atoms with Crippen LogP contribution in [0.3, 0.4) is 0 Å². The number of hydrogen-bond donors (Lipinski definition) is 2. The molecule has 2 amide bonds. The lowest BCUT2D eigenvalue weighted by Gasteiger charge is -2.31. The van der Waals surface area contributed by atoms with Crippen molar-refractivity contribution >= 4 is 22.5 Å². The van der Waals surface area contributed by atoms with Crippen molar-refractivity contribution in [3.05, 3.63) is 11.6 Å². The molecule has 1 fully saturated rings. The molecule has 1 aromatic heterocycles. The average molecular weight is 240 g/mol. The second kappa shape index (κ2) is 5.27. The molecule has 2 rings (SSSR count). The topological polar surface area (TPSA) is 57.3 Å². The van der Waals surface area contributed by atoms with Crippen molar-refractivity contribution in [1.29, 1.82) is 0 Å². The van der Waals surface area contributed by atoms with Gasteiger partial charge < -0.3 is 10.2 Å². The molecule has 1 aliphatic heterocycles. The maximum absolute atomic E-state index is 11.9. The third kappa shape index (κ3) is 2.70. The Kier molecular flexibility index (Phi) is 3.74. The van der Waals surface area contributed by atoms with Gasteiger partial charge in [0.15, 0.2) is 5.13 Å². The van der Waals surface area contributed by atoms with Crippen LogP contribution in [0.1, 0.15) is 12.8 Å². The third-order valence-corrected chi connectivity index (χ3v) is 3.51. The summed E-state index contributed by atoms with van der Waals surface area (Å²) in [6, 6.07) is 0.267. The van der Waals surface area contributed by atoms with Gasteiger partial charge in [-0.2, -0.15) is 0 Å². The number of anilines is 1. The first-order chi connectivity index (χ1) is 7.77. The van der Waals surface area contributed by atoms with Crippen LogP contribution < -0.4 is 10.6 Å². The lowest BCUT2D eigenvalue weighted by Crippen LogP contribution is -2.45. The number of hydrogen-bond acceptors (Lipinski definition) is 4. The van der Waals surface area contributed by atoms with Gasteiger partial charge in [-0.3, -0.25) is 5.32 Å². The molecule has 1 aliphatic rings. The van der Waals surface area contributed by atoms with Crippen LogP contribution in [0.5, 0.6) is 0 Å². The number of nitrogens with zero attached hydrogens (tertiary/aromatic N) is 2. The minimum Gasteiger partial charge on any atom is -0.324 e. The fourth-order valence-electron chi connectivity index (χ4n) is 1.82. The molecule has 1 aromatic rings. The van der Waals surface area contributed by atoms with Gasteiger partial charge in [-0.25, -0.2) is 9.78 Å². The van der Waals surface area contributed by atoms with Crippen molar-refractivity contribution in [3.63, 3.8) is 0 Å². The van der Waals surface area contributed by atoms with E-state index in [0.717, 1.165) is 25.9 Å². The summed E-state index contributed by atoms with van der Waals surface area (Å²) < 4.78 is 0. The molecule has 2 N–H and O–H groups in total. The van der Waals surface area contributed by atoms with Crippen LogP contribution in [0, 0.1) is 0 Å². The van der Waals surface area contributed by atoms with Crippen molar-refractivity contribution in [1.82, 2.24) is 15.2 Å². The lowest BCUT2D eigenvalue weighted by atomic mass is 10.1. The fraction of sp³-hybridized carbons (Fsp3) is 0.600. The highest BCUT2D eigenvalue weighted by Crippen LogP contribution is 2.14. The Morgan fingerprint density at radius 3 is 3.00 bits per heavy atom. The van der Waals surface area contributed by atoms with Crippen molar-refractivity contribution in [2.45, 2.75) is 18.9 Å². The highest BCUT2D eigenvalue weighted by atomic mass is 32.1. The minimum atomic E-state index is -0.0677. The second-order valence-electron chi connectivity index (χ2n) is 3.86. The number of urea groups is 1. The molecule has 2 heterocycles. The van der Waals surface area contributed by atoms with Gasteiger partial charge in [0.05, 0.1) is 0 Å². The van der Waals surface area contributed by atoms with E-state index < -0.39 is 0 Å². The molecule has 0 atom stereocenters. The zero-order chi connectivity index (χ0) is 11.4. The van der Waals surface area contributed by atoms with E-state index in [2.05, 4.69) is 15.6 Å². The van der Waals surface area contributed by atoms with Gasteiger partial charge in [0, 0.05) is 24.7 Å². The smallest absolute Gasteiger partial charge is 0.323 e. The third-order valence-electron chi connectivity index (χ3n) is 2.82. The first-order valence-corrected chi connectivity index (χ1v) is 6.29. The summed E-state index contributed by atoms with van der Waals surface area (Å²) in [4.78, 5) is 17.7. The molecule has 0 saturated carbocycles. The van der Waals surface area contributed by atoms with Crippen molar-refractivity contribution in [2.24, 2.45) is 0 Å². The molecule has 0 radical (unpaired) electrons. The molecular weight excluding hydrogens is 224 g/mol. The van der Waals surface area contributed by atoms with Gasteiger partial charge in [0.1, 0.15) is 0 Å². The Morgan fingerprint density at radius 2 is 2.38 bits per heavy atom. The molecule has 5 nitrogen and oxygen atoms in total. The second-order valence-corrected chi connectivity index (χ2v) is 4.75. The molecule has 0 spiro atoms. The van der Waals surface area contributed by atoms with E-state index in [0.29, 0.717) is 11.2 Å². The molecule has 88 valence electrons. The molecule has 0 unspecified atom stereocenters. The van der Waals surface area contributed by atoms with E-state index in [1.54, 1.807) is 11.1 Å². The Morgan fingerprint density at radius 1 is 1.62 bits per heavy atom. The quantitative estimate of drug-likeness (QED) is 0.820. The Bertz CT molecular complexity index is 335. The van der Waals surface area contributed by atoms with Crippen molar-refractivity contribution in [2.75, 3.05) is 25.5 Å². The number of carbonyl (C=O) groups excluding carboxylic acids is 1. The molecule has 0 aromatic carbocycles. The monoisotopic (exact) mass is 240 g/mol. The first kappa shape index (κ1) is 11.3. The number of piperidine rings is 1. The van der Waals surface area contributed by atoms with Gasteiger partial charge in [-0.05, 0) is 25.9 Å². The predicted octanol–water partition coefficient (Wildman–Crippen LogP) is 1.36. The van der Waals surface area contributed by atoms with Gasteiger partial charge >= 0.3 is 6.03 Å². The minimum absolute atomic E-state index is 0.0677. The fourth-order valence-corrected chi connectivity index (χ4v) is 2.34. The van der Waals surface area contributed by atoms with Gasteiger partial charge in [-0.15, -0.1) is 11.3 Å². The molecule has 0 bridgehead atoms. The molecule has 1 saturated heterocycles. The van der Waals surface area contributed by atoms with Crippen LogP contribution in [0.2, 0.25) is 0 Å². The van der Waals surface area contributed by atoms with E-state index in [9.17, 15) is 4.79 Å². The summed E-state index contributed by atoms with van der Waals surface area (Å²) in [5, 5.41) is 8.58. The number of rotatable bonds is 2. The first-order valence-electron chi connectivity index (χ1n) is 5.41. The van der Waals surface area contributed by atoms with E-state index >= 15 is 0 Å². The van der Waals surface area contributed by atoms with Gasteiger partial charge in [0.25, 0.3) is 0 Å². The summed E-state index contributed by atoms with van der Waals surface area (Å²) >= 11 is 1.43. The van der Waals surface area contributed by atoms with Crippen LogP contribution in [0.4, 0.5) is 9.93 Å². The van der Waals surface area contributed by atoms with Gasteiger partial charge in [-0.1, -0.05) is 0 Å². The zero-order valence-electron chi connectivity index (χ0n) is 9.27. The maximum Gasteiger partial charge on any atom is 0.323 e. The Hall–Kier alpha value is -1.14. The summed E-state index contributed by atoms with van der Waals surface area (Å²) in [7, 11) is 1.85. The van der Waals surface area contributed by atoms with Crippen LogP contribution in [-0.2, 0) is 0 Å². The van der Waals surface area contributed by atoms with E-state index in [-0.39, 0.29) is 6.03 Å². The highest BCUT2D eigenvalue weighted by molar-refractivity contribution is 7.13. The highest BCUT2D eigenvalue weighted by Gasteiger charge is 2.22.